The Morgan fingerprint density at radius 1 is 1.26 bits per heavy atom. The van der Waals surface area contributed by atoms with Crippen LogP contribution in [0.15, 0.2) is 54.9 Å². The van der Waals surface area contributed by atoms with Crippen molar-refractivity contribution in [2.45, 2.75) is 31.2 Å². The fraction of sp³-hybridized carbons (Fsp3) is 0.368. The van der Waals surface area contributed by atoms with E-state index in [0.29, 0.717) is 6.54 Å². The number of pyridine rings is 1. The number of nitrogens with one attached hydrogen (secondary N) is 1. The van der Waals surface area contributed by atoms with Crippen LogP contribution in [0.5, 0.6) is 0 Å². The van der Waals surface area contributed by atoms with Crippen molar-refractivity contribution < 1.29 is 4.79 Å². The Morgan fingerprint density at radius 3 is 2.61 bits per heavy atom. The van der Waals surface area contributed by atoms with Gasteiger partial charge < -0.3 is 10.2 Å². The number of nitrogens with zero attached hydrogens (tertiary/aromatic N) is 2. The lowest BCUT2D eigenvalue weighted by molar-refractivity contribution is 0.193. The van der Waals surface area contributed by atoms with Crippen molar-refractivity contribution in [3.05, 3.63) is 66.0 Å². The predicted molar refractivity (Wildman–Crippen MR) is 91.2 cm³/mol. The summed E-state index contributed by atoms with van der Waals surface area (Å²) in [4.78, 5) is 18.3. The lowest BCUT2D eigenvalue weighted by atomic mass is 9.96. The Morgan fingerprint density at radius 2 is 2.00 bits per heavy atom. The van der Waals surface area contributed by atoms with E-state index in [2.05, 4.69) is 34.6 Å². The van der Waals surface area contributed by atoms with E-state index in [-0.39, 0.29) is 17.5 Å². The van der Waals surface area contributed by atoms with Gasteiger partial charge in [0, 0.05) is 31.4 Å². The number of aromatic nitrogens is 1. The Kier molecular flexibility index (Phi) is 4.33. The summed E-state index contributed by atoms with van der Waals surface area (Å²) in [6, 6.07) is 14.3. The second-order valence-electron chi connectivity index (χ2n) is 6.38. The summed E-state index contributed by atoms with van der Waals surface area (Å²) in [5.74, 6) is 0. The predicted octanol–water partition coefficient (Wildman–Crippen LogP) is 3.52. The normalized spacial score (nSPS) is 16.4. The summed E-state index contributed by atoms with van der Waals surface area (Å²) in [5.41, 5.74) is 2.49. The van der Waals surface area contributed by atoms with E-state index in [4.69, 9.17) is 0 Å². The van der Waals surface area contributed by atoms with E-state index in [1.807, 2.05) is 32.2 Å². The van der Waals surface area contributed by atoms with Gasteiger partial charge in [0.25, 0.3) is 0 Å². The van der Waals surface area contributed by atoms with E-state index in [9.17, 15) is 4.79 Å². The standard InChI is InChI=1S/C19H23N3O/c1-15(16-7-6-12-20-13-16)22(2)18(23)21-14-19(10-11-19)17-8-4-3-5-9-17/h3-9,12-13,15H,10-11,14H2,1-2H3,(H,21,23). The first-order valence-electron chi connectivity index (χ1n) is 8.08. The Bertz CT molecular complexity index is 653. The van der Waals surface area contributed by atoms with Crippen molar-refractivity contribution in [3.8, 4) is 0 Å². The molecule has 2 aromatic rings. The molecule has 1 N–H and O–H groups in total. The zero-order chi connectivity index (χ0) is 16.3. The zero-order valence-corrected chi connectivity index (χ0v) is 13.7. The maximum absolute atomic E-state index is 12.5. The molecule has 23 heavy (non-hydrogen) atoms. The van der Waals surface area contributed by atoms with Gasteiger partial charge in [-0.25, -0.2) is 4.79 Å². The quantitative estimate of drug-likeness (QED) is 0.918. The molecule has 0 radical (unpaired) electrons. The highest BCUT2D eigenvalue weighted by Gasteiger charge is 2.44. The van der Waals surface area contributed by atoms with Crippen LogP contribution in [-0.2, 0) is 5.41 Å². The lowest BCUT2D eigenvalue weighted by Gasteiger charge is -2.26. The molecule has 1 heterocycles. The number of amides is 2. The molecule has 0 saturated heterocycles. The first-order chi connectivity index (χ1) is 11.1. The molecule has 3 rings (SSSR count). The van der Waals surface area contributed by atoms with Gasteiger partial charge in [-0.1, -0.05) is 36.4 Å². The van der Waals surface area contributed by atoms with Gasteiger partial charge in [0.1, 0.15) is 0 Å². The summed E-state index contributed by atoms with van der Waals surface area (Å²) in [7, 11) is 1.83. The Balaban J connectivity index is 1.59. The van der Waals surface area contributed by atoms with E-state index in [1.165, 1.54) is 5.56 Å². The first kappa shape index (κ1) is 15.5. The molecule has 4 nitrogen and oxygen atoms in total. The molecule has 4 heteroatoms. The minimum absolute atomic E-state index is 0.00409. The summed E-state index contributed by atoms with van der Waals surface area (Å²) in [6.07, 6.45) is 5.83. The van der Waals surface area contributed by atoms with E-state index in [0.717, 1.165) is 18.4 Å². The number of carbonyl (C=O) groups is 1. The maximum atomic E-state index is 12.5. The maximum Gasteiger partial charge on any atom is 0.317 e. The van der Waals surface area contributed by atoms with Crippen LogP contribution >= 0.6 is 0 Å². The summed E-state index contributed by atoms with van der Waals surface area (Å²) >= 11 is 0. The highest BCUT2D eigenvalue weighted by atomic mass is 16.2. The molecule has 120 valence electrons. The molecule has 1 unspecified atom stereocenters. The van der Waals surface area contributed by atoms with Crippen LogP contribution in [0, 0.1) is 0 Å². The van der Waals surface area contributed by atoms with Gasteiger partial charge in [0.05, 0.1) is 6.04 Å². The summed E-state index contributed by atoms with van der Waals surface area (Å²) in [6.45, 7) is 2.71. The molecule has 1 saturated carbocycles. The Labute approximate surface area is 137 Å². The minimum Gasteiger partial charge on any atom is -0.337 e. The van der Waals surface area contributed by atoms with Gasteiger partial charge in [-0.15, -0.1) is 0 Å². The molecule has 1 aliphatic rings. The van der Waals surface area contributed by atoms with Crippen LogP contribution in [0.25, 0.3) is 0 Å². The molecule has 0 aliphatic heterocycles. The number of benzene rings is 1. The second kappa shape index (κ2) is 6.41. The van der Waals surface area contributed by atoms with Crippen LogP contribution in [0.2, 0.25) is 0 Å². The molecule has 1 aromatic carbocycles. The third-order valence-corrected chi connectivity index (χ3v) is 4.89. The van der Waals surface area contributed by atoms with Crippen LogP contribution in [0.1, 0.15) is 36.9 Å². The molecule has 0 spiro atoms. The molecule has 0 bridgehead atoms. The molecular weight excluding hydrogens is 286 g/mol. The van der Waals surface area contributed by atoms with Crippen LogP contribution in [-0.4, -0.2) is 29.5 Å². The van der Waals surface area contributed by atoms with E-state index < -0.39 is 0 Å². The zero-order valence-electron chi connectivity index (χ0n) is 13.7. The van der Waals surface area contributed by atoms with Gasteiger partial charge in [0.2, 0.25) is 0 Å². The molecule has 1 aromatic heterocycles. The summed E-state index contributed by atoms with van der Waals surface area (Å²) in [5, 5.41) is 3.10. The molecular formula is C19H23N3O. The number of carbonyl (C=O) groups excluding carboxylic acids is 1. The van der Waals surface area contributed by atoms with Gasteiger partial charge in [-0.05, 0) is 37.0 Å². The smallest absolute Gasteiger partial charge is 0.317 e. The van der Waals surface area contributed by atoms with E-state index >= 15 is 0 Å². The Hall–Kier alpha value is -2.36. The van der Waals surface area contributed by atoms with Gasteiger partial charge >= 0.3 is 6.03 Å². The topological polar surface area (TPSA) is 45.2 Å². The van der Waals surface area contributed by atoms with Crippen molar-refractivity contribution in [1.29, 1.82) is 0 Å². The average Bonchev–Trinajstić information content (AvgIpc) is 3.41. The van der Waals surface area contributed by atoms with Gasteiger partial charge in [-0.3, -0.25) is 4.98 Å². The fourth-order valence-electron chi connectivity index (χ4n) is 2.90. The number of hydrogen-bond acceptors (Lipinski definition) is 2. The molecule has 1 fully saturated rings. The molecule has 1 aliphatic carbocycles. The second-order valence-corrected chi connectivity index (χ2v) is 6.38. The number of hydrogen-bond donors (Lipinski definition) is 1. The van der Waals surface area contributed by atoms with Gasteiger partial charge in [-0.2, -0.15) is 0 Å². The summed E-state index contributed by atoms with van der Waals surface area (Å²) < 4.78 is 0. The highest BCUT2D eigenvalue weighted by Crippen LogP contribution is 2.47. The van der Waals surface area contributed by atoms with Crippen molar-refractivity contribution in [2.24, 2.45) is 0 Å². The number of rotatable bonds is 5. The number of urea groups is 1. The first-order valence-corrected chi connectivity index (χ1v) is 8.08. The van der Waals surface area contributed by atoms with Gasteiger partial charge in [0.15, 0.2) is 0 Å². The van der Waals surface area contributed by atoms with Crippen molar-refractivity contribution in [1.82, 2.24) is 15.2 Å². The van der Waals surface area contributed by atoms with Crippen molar-refractivity contribution in [2.75, 3.05) is 13.6 Å². The minimum atomic E-state index is -0.0384. The third kappa shape index (κ3) is 3.36. The largest absolute Gasteiger partial charge is 0.337 e. The van der Waals surface area contributed by atoms with E-state index in [1.54, 1.807) is 17.3 Å². The van der Waals surface area contributed by atoms with Crippen LogP contribution < -0.4 is 5.32 Å². The monoisotopic (exact) mass is 309 g/mol. The van der Waals surface area contributed by atoms with Crippen LogP contribution in [0.3, 0.4) is 0 Å². The highest BCUT2D eigenvalue weighted by molar-refractivity contribution is 5.74. The SMILES string of the molecule is CC(c1cccnc1)N(C)C(=O)NCC1(c2ccccc2)CC1. The van der Waals surface area contributed by atoms with Crippen molar-refractivity contribution in [3.63, 3.8) is 0 Å². The fourth-order valence-corrected chi connectivity index (χ4v) is 2.90. The average molecular weight is 309 g/mol. The van der Waals surface area contributed by atoms with Crippen LogP contribution in [0.4, 0.5) is 4.79 Å². The molecule has 1 atom stereocenters. The lowest BCUT2D eigenvalue weighted by Crippen LogP contribution is -2.42. The third-order valence-electron chi connectivity index (χ3n) is 4.89. The van der Waals surface area contributed by atoms with Crippen molar-refractivity contribution >= 4 is 6.03 Å². The molecule has 2 amide bonds.